The summed E-state index contributed by atoms with van der Waals surface area (Å²) in [6, 6.07) is 9.77. The summed E-state index contributed by atoms with van der Waals surface area (Å²) in [5, 5.41) is 4.91. The third kappa shape index (κ3) is 1.69. The molecule has 2 heterocycles. The first-order valence-electron chi connectivity index (χ1n) is 5.52. The Morgan fingerprint density at radius 1 is 1.17 bits per heavy atom. The molecule has 0 aliphatic carbocycles. The zero-order valence-electron chi connectivity index (χ0n) is 10.0. The van der Waals surface area contributed by atoms with Crippen molar-refractivity contribution in [1.29, 1.82) is 0 Å². The van der Waals surface area contributed by atoms with E-state index < -0.39 is 0 Å². The van der Waals surface area contributed by atoms with E-state index in [1.54, 1.807) is 14.0 Å². The molecule has 0 fully saturated rings. The van der Waals surface area contributed by atoms with Gasteiger partial charge in [-0.1, -0.05) is 23.4 Å². The van der Waals surface area contributed by atoms with Crippen molar-refractivity contribution in [2.75, 3.05) is 7.11 Å². The van der Waals surface area contributed by atoms with E-state index in [1.165, 1.54) is 0 Å². The minimum absolute atomic E-state index is 0.489. The summed E-state index contributed by atoms with van der Waals surface area (Å²) in [5.74, 6) is 1.50. The normalized spacial score (nSPS) is 10.8. The Bertz CT molecular complexity index is 706. The molecule has 0 unspecified atom stereocenters. The van der Waals surface area contributed by atoms with Crippen LogP contribution in [-0.4, -0.2) is 22.2 Å². The number of rotatable bonds is 2. The number of hydrogen-bond donors (Lipinski definition) is 0. The van der Waals surface area contributed by atoms with Crippen LogP contribution in [-0.2, 0) is 0 Å². The van der Waals surface area contributed by atoms with Crippen molar-refractivity contribution >= 4 is 10.9 Å². The van der Waals surface area contributed by atoms with E-state index in [0.29, 0.717) is 17.6 Å². The molecule has 5 nitrogen and oxygen atoms in total. The molecule has 0 saturated carbocycles. The van der Waals surface area contributed by atoms with Crippen LogP contribution in [0.1, 0.15) is 5.89 Å². The number of pyridine rings is 1. The van der Waals surface area contributed by atoms with Gasteiger partial charge in [0.1, 0.15) is 0 Å². The highest BCUT2D eigenvalue weighted by Crippen LogP contribution is 2.29. The Morgan fingerprint density at radius 2 is 2.00 bits per heavy atom. The second-order valence-corrected chi connectivity index (χ2v) is 3.87. The van der Waals surface area contributed by atoms with Crippen molar-refractivity contribution < 1.29 is 9.26 Å². The summed E-state index contributed by atoms with van der Waals surface area (Å²) in [4.78, 5) is 8.63. The first kappa shape index (κ1) is 10.7. The number of aromatic nitrogens is 3. The molecule has 3 rings (SSSR count). The van der Waals surface area contributed by atoms with Gasteiger partial charge in [-0.2, -0.15) is 4.98 Å². The van der Waals surface area contributed by atoms with Crippen LogP contribution in [0.25, 0.3) is 22.3 Å². The SMILES string of the molecule is COc1nc2ccccc2cc1-c1noc(C)n1. The lowest BCUT2D eigenvalue weighted by molar-refractivity contribution is 0.390. The van der Waals surface area contributed by atoms with Crippen LogP contribution in [0, 0.1) is 6.92 Å². The van der Waals surface area contributed by atoms with Crippen LogP contribution in [0.4, 0.5) is 0 Å². The fourth-order valence-corrected chi connectivity index (χ4v) is 1.82. The van der Waals surface area contributed by atoms with E-state index in [9.17, 15) is 0 Å². The molecule has 0 amide bonds. The predicted molar refractivity (Wildman–Crippen MR) is 66.3 cm³/mol. The highest BCUT2D eigenvalue weighted by Gasteiger charge is 2.14. The number of aryl methyl sites for hydroxylation is 1. The Labute approximate surface area is 103 Å². The number of hydrogen-bond acceptors (Lipinski definition) is 5. The molecule has 0 atom stereocenters. The Balaban J connectivity index is 2.26. The van der Waals surface area contributed by atoms with E-state index in [0.717, 1.165) is 16.5 Å². The smallest absolute Gasteiger partial charge is 0.225 e. The summed E-state index contributed by atoms with van der Waals surface area (Å²) >= 11 is 0. The summed E-state index contributed by atoms with van der Waals surface area (Å²) in [5.41, 5.74) is 1.60. The third-order valence-corrected chi connectivity index (χ3v) is 2.65. The highest BCUT2D eigenvalue weighted by atomic mass is 16.5. The second kappa shape index (κ2) is 4.10. The fourth-order valence-electron chi connectivity index (χ4n) is 1.82. The zero-order valence-corrected chi connectivity index (χ0v) is 10.0. The first-order valence-corrected chi connectivity index (χ1v) is 5.52. The van der Waals surface area contributed by atoms with Crippen molar-refractivity contribution in [2.24, 2.45) is 0 Å². The summed E-state index contributed by atoms with van der Waals surface area (Å²) in [6.45, 7) is 1.75. The lowest BCUT2D eigenvalue weighted by Crippen LogP contribution is -1.93. The minimum atomic E-state index is 0.489. The van der Waals surface area contributed by atoms with Crippen LogP contribution in [0.3, 0.4) is 0 Å². The highest BCUT2D eigenvalue weighted by molar-refractivity contribution is 5.84. The molecular formula is C13H11N3O2. The number of para-hydroxylation sites is 1. The molecule has 0 bridgehead atoms. The van der Waals surface area contributed by atoms with Crippen LogP contribution in [0.15, 0.2) is 34.9 Å². The van der Waals surface area contributed by atoms with Crippen LogP contribution in [0.5, 0.6) is 5.88 Å². The molecule has 0 aliphatic rings. The van der Waals surface area contributed by atoms with Gasteiger partial charge in [-0.05, 0) is 12.1 Å². The molecule has 18 heavy (non-hydrogen) atoms. The molecule has 0 N–H and O–H groups in total. The topological polar surface area (TPSA) is 61.0 Å². The van der Waals surface area contributed by atoms with Crippen LogP contribution < -0.4 is 4.74 Å². The summed E-state index contributed by atoms with van der Waals surface area (Å²) in [6.07, 6.45) is 0. The zero-order chi connectivity index (χ0) is 12.5. The Morgan fingerprint density at radius 3 is 2.72 bits per heavy atom. The van der Waals surface area contributed by atoms with Crippen molar-refractivity contribution in [3.63, 3.8) is 0 Å². The number of nitrogens with zero attached hydrogens (tertiary/aromatic N) is 3. The lowest BCUT2D eigenvalue weighted by Gasteiger charge is -2.05. The standard InChI is InChI=1S/C13H11N3O2/c1-8-14-12(16-18-8)10-7-9-5-3-4-6-11(9)15-13(10)17-2/h3-7H,1-2H3. The third-order valence-electron chi connectivity index (χ3n) is 2.65. The molecule has 0 aliphatic heterocycles. The van der Waals surface area contributed by atoms with Gasteiger partial charge < -0.3 is 9.26 Å². The molecular weight excluding hydrogens is 230 g/mol. The van der Waals surface area contributed by atoms with Gasteiger partial charge in [-0.25, -0.2) is 4.98 Å². The van der Waals surface area contributed by atoms with Gasteiger partial charge in [-0.3, -0.25) is 0 Å². The predicted octanol–water partition coefficient (Wildman–Crippen LogP) is 2.60. The van der Waals surface area contributed by atoms with Gasteiger partial charge in [0.25, 0.3) is 0 Å². The molecule has 1 aromatic carbocycles. The minimum Gasteiger partial charge on any atom is -0.480 e. The molecule has 0 spiro atoms. The van der Waals surface area contributed by atoms with E-state index in [1.807, 2.05) is 30.3 Å². The van der Waals surface area contributed by atoms with Crippen LogP contribution >= 0.6 is 0 Å². The average molecular weight is 241 g/mol. The van der Waals surface area contributed by atoms with Gasteiger partial charge in [0.15, 0.2) is 0 Å². The Hall–Kier alpha value is -2.43. The van der Waals surface area contributed by atoms with E-state index in [2.05, 4.69) is 15.1 Å². The maximum atomic E-state index is 5.28. The molecule has 90 valence electrons. The van der Waals surface area contributed by atoms with Crippen LogP contribution in [0.2, 0.25) is 0 Å². The van der Waals surface area contributed by atoms with E-state index in [4.69, 9.17) is 9.26 Å². The van der Waals surface area contributed by atoms with Gasteiger partial charge in [0.2, 0.25) is 17.6 Å². The summed E-state index contributed by atoms with van der Waals surface area (Å²) in [7, 11) is 1.58. The second-order valence-electron chi connectivity index (χ2n) is 3.87. The monoisotopic (exact) mass is 241 g/mol. The van der Waals surface area contributed by atoms with Gasteiger partial charge in [0, 0.05) is 12.3 Å². The summed E-state index contributed by atoms with van der Waals surface area (Å²) < 4.78 is 10.3. The molecule has 0 radical (unpaired) electrons. The van der Waals surface area contributed by atoms with Gasteiger partial charge in [-0.15, -0.1) is 0 Å². The van der Waals surface area contributed by atoms with E-state index in [-0.39, 0.29) is 0 Å². The largest absolute Gasteiger partial charge is 0.480 e. The molecule has 2 aromatic heterocycles. The maximum absolute atomic E-state index is 5.28. The van der Waals surface area contributed by atoms with Crippen molar-refractivity contribution in [2.45, 2.75) is 6.92 Å². The fraction of sp³-hybridized carbons (Fsp3) is 0.154. The molecule has 0 saturated heterocycles. The van der Waals surface area contributed by atoms with Crippen molar-refractivity contribution in [1.82, 2.24) is 15.1 Å². The van der Waals surface area contributed by atoms with Crippen molar-refractivity contribution in [3.05, 3.63) is 36.2 Å². The number of fused-ring (bicyclic) bond motifs is 1. The van der Waals surface area contributed by atoms with E-state index >= 15 is 0 Å². The number of benzene rings is 1. The molecule has 5 heteroatoms. The first-order chi connectivity index (χ1) is 8.78. The van der Waals surface area contributed by atoms with Crippen molar-refractivity contribution in [3.8, 4) is 17.3 Å². The number of methoxy groups -OCH3 is 1. The maximum Gasteiger partial charge on any atom is 0.225 e. The van der Waals surface area contributed by atoms with Gasteiger partial charge in [0.05, 0.1) is 18.2 Å². The average Bonchev–Trinajstić information content (AvgIpc) is 2.83. The Kier molecular flexibility index (Phi) is 2.44. The number of ether oxygens (including phenoxy) is 1. The molecule has 3 aromatic rings. The quantitative estimate of drug-likeness (QED) is 0.690. The lowest BCUT2D eigenvalue weighted by atomic mass is 10.1. The van der Waals surface area contributed by atoms with Gasteiger partial charge >= 0.3 is 0 Å².